The molecule has 0 radical (unpaired) electrons. The van der Waals surface area contributed by atoms with Crippen molar-refractivity contribution in [2.45, 2.75) is 18.7 Å². The molecule has 0 heterocycles. The largest absolute Gasteiger partial charge is 0.366 e. The maximum atomic E-state index is 11.5. The van der Waals surface area contributed by atoms with Crippen molar-refractivity contribution in [2.24, 2.45) is 5.73 Å². The van der Waals surface area contributed by atoms with Crippen LogP contribution in [0.3, 0.4) is 0 Å². The highest BCUT2D eigenvalue weighted by atomic mass is 32.2. The second kappa shape index (κ2) is 5.60. The van der Waals surface area contributed by atoms with Gasteiger partial charge < -0.3 is 11.1 Å². The molecule has 0 aliphatic carbocycles. The number of hydrogen-bond donors (Lipinski definition) is 3. The molecule has 2 amide bonds. The standard InChI is InChI=1S/C9H14N2O5S/c1-4-7(17(14,15)16)11-9(13)6(3)5(2)8(10)12/h7H,2-4H2,1H3,(H2,10,12)(H,11,13)(H,14,15,16). The molecule has 17 heavy (non-hydrogen) atoms. The van der Waals surface area contributed by atoms with Crippen molar-refractivity contribution < 1.29 is 22.6 Å². The number of amides is 2. The third-order valence-electron chi connectivity index (χ3n) is 1.96. The molecule has 0 aliphatic heterocycles. The van der Waals surface area contributed by atoms with E-state index in [2.05, 4.69) is 13.2 Å². The molecule has 0 bridgehead atoms. The molecule has 1 atom stereocenters. The summed E-state index contributed by atoms with van der Waals surface area (Å²) in [5.74, 6) is -1.87. The molecule has 0 aliphatic rings. The lowest BCUT2D eigenvalue weighted by Gasteiger charge is -2.14. The Morgan fingerprint density at radius 3 is 2.12 bits per heavy atom. The summed E-state index contributed by atoms with van der Waals surface area (Å²) >= 11 is 0. The van der Waals surface area contributed by atoms with Gasteiger partial charge in [-0.3, -0.25) is 14.1 Å². The molecule has 4 N–H and O–H groups in total. The first kappa shape index (κ1) is 15.3. The first-order chi connectivity index (χ1) is 7.61. The predicted molar refractivity (Wildman–Crippen MR) is 61.2 cm³/mol. The van der Waals surface area contributed by atoms with Gasteiger partial charge in [-0.2, -0.15) is 8.42 Å². The van der Waals surface area contributed by atoms with Crippen molar-refractivity contribution in [2.75, 3.05) is 0 Å². The highest BCUT2D eigenvalue weighted by Crippen LogP contribution is 2.07. The van der Waals surface area contributed by atoms with Gasteiger partial charge in [-0.05, 0) is 6.42 Å². The first-order valence-corrected chi connectivity index (χ1v) is 6.06. The molecular formula is C9H14N2O5S. The lowest BCUT2D eigenvalue weighted by molar-refractivity contribution is -0.119. The maximum absolute atomic E-state index is 11.5. The van der Waals surface area contributed by atoms with E-state index in [0.29, 0.717) is 0 Å². The highest BCUT2D eigenvalue weighted by molar-refractivity contribution is 7.86. The molecule has 0 fully saturated rings. The summed E-state index contributed by atoms with van der Waals surface area (Å²) in [6.45, 7) is 7.93. The highest BCUT2D eigenvalue weighted by Gasteiger charge is 2.25. The number of nitrogens with two attached hydrogens (primary N) is 1. The SMILES string of the molecule is C=C(C(=C)C(=O)NC(CC)S(=O)(=O)O)C(N)=O. The van der Waals surface area contributed by atoms with Crippen LogP contribution in [0.1, 0.15) is 13.3 Å². The van der Waals surface area contributed by atoms with E-state index in [1.165, 1.54) is 6.92 Å². The molecule has 96 valence electrons. The van der Waals surface area contributed by atoms with Crippen molar-refractivity contribution in [3.05, 3.63) is 24.3 Å². The number of nitrogens with one attached hydrogen (secondary N) is 1. The molecule has 0 aromatic carbocycles. The van der Waals surface area contributed by atoms with E-state index >= 15 is 0 Å². The van der Waals surface area contributed by atoms with E-state index in [0.717, 1.165) is 0 Å². The molecule has 0 spiro atoms. The fourth-order valence-electron chi connectivity index (χ4n) is 0.906. The van der Waals surface area contributed by atoms with Gasteiger partial charge in [0.15, 0.2) is 5.37 Å². The van der Waals surface area contributed by atoms with E-state index in [1.807, 2.05) is 5.32 Å². The van der Waals surface area contributed by atoms with Crippen molar-refractivity contribution in [1.82, 2.24) is 5.32 Å². The smallest absolute Gasteiger partial charge is 0.286 e. The predicted octanol–water partition coefficient (Wildman–Crippen LogP) is -0.676. The molecule has 0 saturated carbocycles. The summed E-state index contributed by atoms with van der Waals surface area (Å²) in [7, 11) is -4.41. The molecule has 1 unspecified atom stereocenters. The molecule has 0 rings (SSSR count). The summed E-state index contributed by atoms with van der Waals surface area (Å²) in [5, 5.41) is 0.532. The second-order valence-electron chi connectivity index (χ2n) is 3.21. The van der Waals surface area contributed by atoms with Gasteiger partial charge in [-0.1, -0.05) is 20.1 Å². The van der Waals surface area contributed by atoms with Gasteiger partial charge in [0.2, 0.25) is 5.91 Å². The molecule has 7 nitrogen and oxygen atoms in total. The third-order valence-corrected chi connectivity index (χ3v) is 3.13. The average molecular weight is 262 g/mol. The van der Waals surface area contributed by atoms with Crippen LogP contribution in [0.5, 0.6) is 0 Å². The van der Waals surface area contributed by atoms with Crippen LogP contribution in [0.2, 0.25) is 0 Å². The van der Waals surface area contributed by atoms with E-state index in [1.54, 1.807) is 0 Å². The third kappa shape index (κ3) is 4.37. The van der Waals surface area contributed by atoms with Crippen LogP contribution in [0, 0.1) is 0 Å². The fourth-order valence-corrected chi connectivity index (χ4v) is 1.58. The summed E-state index contributed by atoms with van der Waals surface area (Å²) in [4.78, 5) is 22.2. The van der Waals surface area contributed by atoms with E-state index in [-0.39, 0.29) is 17.6 Å². The first-order valence-electron chi connectivity index (χ1n) is 4.56. The monoisotopic (exact) mass is 262 g/mol. The van der Waals surface area contributed by atoms with Crippen LogP contribution < -0.4 is 11.1 Å². The van der Waals surface area contributed by atoms with Crippen LogP contribution in [-0.4, -0.2) is 30.2 Å². The quantitative estimate of drug-likeness (QED) is 0.332. The molecule has 0 aromatic heterocycles. The van der Waals surface area contributed by atoms with Crippen LogP contribution in [0.25, 0.3) is 0 Å². The summed E-state index contributed by atoms with van der Waals surface area (Å²) < 4.78 is 30.4. The Kier molecular flexibility index (Phi) is 5.05. The zero-order valence-corrected chi connectivity index (χ0v) is 10.1. The Labute approximate surface area is 99.1 Å². The van der Waals surface area contributed by atoms with E-state index in [4.69, 9.17) is 10.3 Å². The van der Waals surface area contributed by atoms with Crippen LogP contribution >= 0.6 is 0 Å². The van der Waals surface area contributed by atoms with E-state index < -0.39 is 27.3 Å². The number of carbonyl (C=O) groups excluding carboxylic acids is 2. The minimum absolute atomic E-state index is 0.0408. The van der Waals surface area contributed by atoms with Crippen LogP contribution in [0.15, 0.2) is 24.3 Å². The zero-order chi connectivity index (χ0) is 13.8. The van der Waals surface area contributed by atoms with Crippen molar-refractivity contribution in [3.8, 4) is 0 Å². The number of primary amides is 1. The normalized spacial score (nSPS) is 12.6. The van der Waals surface area contributed by atoms with Crippen molar-refractivity contribution in [1.29, 1.82) is 0 Å². The minimum Gasteiger partial charge on any atom is -0.366 e. The van der Waals surface area contributed by atoms with Crippen LogP contribution in [0.4, 0.5) is 0 Å². The summed E-state index contributed by atoms with van der Waals surface area (Å²) in [5.41, 5.74) is 4.20. The van der Waals surface area contributed by atoms with Crippen molar-refractivity contribution >= 4 is 21.9 Å². The Hall–Kier alpha value is -1.67. The van der Waals surface area contributed by atoms with E-state index in [9.17, 15) is 18.0 Å². The summed E-state index contributed by atoms with van der Waals surface area (Å²) in [6.07, 6.45) is -0.0408. The number of carbonyl (C=O) groups is 2. The van der Waals surface area contributed by atoms with Gasteiger partial charge in [-0.15, -0.1) is 0 Å². The zero-order valence-electron chi connectivity index (χ0n) is 9.26. The molecular weight excluding hydrogens is 248 g/mol. The fraction of sp³-hybridized carbons (Fsp3) is 0.333. The van der Waals surface area contributed by atoms with Crippen LogP contribution in [-0.2, 0) is 19.7 Å². The van der Waals surface area contributed by atoms with Crippen molar-refractivity contribution in [3.63, 3.8) is 0 Å². The molecule has 8 heteroatoms. The number of rotatable bonds is 6. The van der Waals surface area contributed by atoms with Gasteiger partial charge in [0, 0.05) is 11.1 Å². The average Bonchev–Trinajstić information content (AvgIpc) is 2.21. The number of hydrogen-bond acceptors (Lipinski definition) is 4. The maximum Gasteiger partial charge on any atom is 0.286 e. The Morgan fingerprint density at radius 1 is 1.35 bits per heavy atom. The lowest BCUT2D eigenvalue weighted by Crippen LogP contribution is -2.41. The lowest BCUT2D eigenvalue weighted by atomic mass is 10.1. The topological polar surface area (TPSA) is 127 Å². The minimum atomic E-state index is -4.41. The van der Waals surface area contributed by atoms with Gasteiger partial charge in [0.1, 0.15) is 0 Å². The molecule has 0 aromatic rings. The van der Waals surface area contributed by atoms with Gasteiger partial charge >= 0.3 is 0 Å². The van der Waals surface area contributed by atoms with Gasteiger partial charge in [0.25, 0.3) is 16.0 Å². The second-order valence-corrected chi connectivity index (χ2v) is 4.81. The molecule has 0 saturated heterocycles. The Morgan fingerprint density at radius 2 is 1.82 bits per heavy atom. The Bertz CT molecular complexity index is 466. The summed E-state index contributed by atoms with van der Waals surface area (Å²) in [6, 6.07) is 0. The van der Waals surface area contributed by atoms with Gasteiger partial charge in [-0.25, -0.2) is 0 Å². The Balaban J connectivity index is 4.82. The van der Waals surface area contributed by atoms with Gasteiger partial charge in [0.05, 0.1) is 0 Å².